The second-order valence-corrected chi connectivity index (χ2v) is 5.41. The summed E-state index contributed by atoms with van der Waals surface area (Å²) in [6.07, 6.45) is 0.708. The molecule has 0 heterocycles. The zero-order valence-corrected chi connectivity index (χ0v) is 11.4. The van der Waals surface area contributed by atoms with E-state index >= 15 is 0 Å². The van der Waals surface area contributed by atoms with Crippen LogP contribution in [0.3, 0.4) is 0 Å². The van der Waals surface area contributed by atoms with Crippen molar-refractivity contribution in [3.63, 3.8) is 0 Å². The fraction of sp³-hybridized carbons (Fsp3) is 0.188. The molecule has 1 aliphatic rings. The van der Waals surface area contributed by atoms with E-state index in [4.69, 9.17) is 11.6 Å². The lowest BCUT2D eigenvalue weighted by Gasteiger charge is -2.17. The molecule has 0 aromatic heterocycles. The van der Waals surface area contributed by atoms with Crippen LogP contribution >= 0.6 is 11.6 Å². The Kier molecular flexibility index (Phi) is 3.45. The van der Waals surface area contributed by atoms with Crippen molar-refractivity contribution in [2.75, 3.05) is 0 Å². The van der Waals surface area contributed by atoms with E-state index in [2.05, 4.69) is 5.32 Å². The summed E-state index contributed by atoms with van der Waals surface area (Å²) in [6.45, 7) is 0. The van der Waals surface area contributed by atoms with Gasteiger partial charge in [-0.1, -0.05) is 36.4 Å². The van der Waals surface area contributed by atoms with E-state index < -0.39 is 11.7 Å². The Hall–Kier alpha value is -1.87. The van der Waals surface area contributed by atoms with E-state index in [-0.39, 0.29) is 17.0 Å². The summed E-state index contributed by atoms with van der Waals surface area (Å²) in [5, 5.41) is 2.63. The Morgan fingerprint density at radius 2 is 1.85 bits per heavy atom. The lowest BCUT2D eigenvalue weighted by atomic mass is 10.1. The van der Waals surface area contributed by atoms with Gasteiger partial charge in [-0.2, -0.15) is 0 Å². The van der Waals surface area contributed by atoms with Gasteiger partial charge in [-0.15, -0.1) is 11.6 Å². The Balaban J connectivity index is 1.85. The minimum Gasteiger partial charge on any atom is -0.344 e. The van der Waals surface area contributed by atoms with Gasteiger partial charge in [0.1, 0.15) is 5.82 Å². The molecule has 2 nitrogen and oxygen atoms in total. The predicted octanol–water partition coefficient (Wildman–Crippen LogP) is 3.46. The Labute approximate surface area is 121 Å². The Morgan fingerprint density at radius 1 is 1.15 bits per heavy atom. The molecule has 3 rings (SSSR count). The fourth-order valence-electron chi connectivity index (χ4n) is 2.58. The van der Waals surface area contributed by atoms with E-state index in [1.54, 1.807) is 12.1 Å². The SMILES string of the molecule is O=C(NC1c2ccccc2CC1Cl)c1ccccc1F. The van der Waals surface area contributed by atoms with Crippen molar-refractivity contribution < 1.29 is 9.18 Å². The molecule has 0 radical (unpaired) electrons. The highest BCUT2D eigenvalue weighted by Crippen LogP contribution is 2.34. The molecule has 2 aromatic rings. The molecule has 1 N–H and O–H groups in total. The number of hydrogen-bond acceptors (Lipinski definition) is 1. The van der Waals surface area contributed by atoms with Crippen molar-refractivity contribution in [1.29, 1.82) is 0 Å². The molecule has 2 unspecified atom stereocenters. The molecule has 4 heteroatoms. The lowest BCUT2D eigenvalue weighted by Crippen LogP contribution is -2.32. The smallest absolute Gasteiger partial charge is 0.254 e. The maximum atomic E-state index is 13.6. The summed E-state index contributed by atoms with van der Waals surface area (Å²) in [5.41, 5.74) is 2.18. The van der Waals surface area contributed by atoms with Crippen molar-refractivity contribution in [3.05, 3.63) is 71.0 Å². The number of alkyl halides is 1. The number of amides is 1. The van der Waals surface area contributed by atoms with Crippen LogP contribution in [0.5, 0.6) is 0 Å². The molecule has 1 amide bonds. The molecule has 20 heavy (non-hydrogen) atoms. The molecule has 0 aliphatic heterocycles. The number of benzene rings is 2. The summed E-state index contributed by atoms with van der Waals surface area (Å²) in [4.78, 5) is 12.2. The highest BCUT2D eigenvalue weighted by Gasteiger charge is 2.32. The van der Waals surface area contributed by atoms with Crippen molar-refractivity contribution in [2.45, 2.75) is 17.8 Å². The summed E-state index contributed by atoms with van der Waals surface area (Å²) in [6, 6.07) is 13.5. The van der Waals surface area contributed by atoms with Crippen LogP contribution in [-0.4, -0.2) is 11.3 Å². The first-order valence-electron chi connectivity index (χ1n) is 6.44. The molecule has 2 atom stereocenters. The quantitative estimate of drug-likeness (QED) is 0.843. The summed E-state index contributed by atoms with van der Waals surface area (Å²) in [5.74, 6) is -0.960. The first-order chi connectivity index (χ1) is 9.66. The minimum atomic E-state index is -0.526. The van der Waals surface area contributed by atoms with E-state index in [1.165, 1.54) is 12.1 Å². The largest absolute Gasteiger partial charge is 0.344 e. The van der Waals surface area contributed by atoms with Crippen LogP contribution in [0.25, 0.3) is 0 Å². The van der Waals surface area contributed by atoms with Gasteiger partial charge in [-0.05, 0) is 29.7 Å². The van der Waals surface area contributed by atoms with Gasteiger partial charge in [0.15, 0.2) is 0 Å². The molecular formula is C16H13ClFNO. The first-order valence-corrected chi connectivity index (χ1v) is 6.87. The maximum absolute atomic E-state index is 13.6. The number of rotatable bonds is 2. The molecule has 2 aromatic carbocycles. The number of carbonyl (C=O) groups is 1. The Bertz CT molecular complexity index is 658. The molecule has 0 spiro atoms. The Morgan fingerprint density at radius 3 is 2.65 bits per heavy atom. The van der Waals surface area contributed by atoms with E-state index in [9.17, 15) is 9.18 Å². The van der Waals surface area contributed by atoms with Gasteiger partial charge in [0.25, 0.3) is 5.91 Å². The highest BCUT2D eigenvalue weighted by molar-refractivity contribution is 6.21. The van der Waals surface area contributed by atoms with Crippen molar-refractivity contribution in [2.24, 2.45) is 0 Å². The molecule has 102 valence electrons. The van der Waals surface area contributed by atoms with Gasteiger partial charge in [0.05, 0.1) is 17.0 Å². The average Bonchev–Trinajstić information content (AvgIpc) is 2.76. The van der Waals surface area contributed by atoms with Crippen LogP contribution in [-0.2, 0) is 6.42 Å². The first kappa shape index (κ1) is 13.1. The van der Waals surface area contributed by atoms with Crippen LogP contribution in [0.2, 0.25) is 0 Å². The van der Waals surface area contributed by atoms with E-state index in [0.717, 1.165) is 11.1 Å². The third-order valence-corrected chi connectivity index (χ3v) is 3.98. The van der Waals surface area contributed by atoms with Crippen LogP contribution < -0.4 is 5.32 Å². The fourth-order valence-corrected chi connectivity index (χ4v) is 2.94. The average molecular weight is 290 g/mol. The second kappa shape index (κ2) is 5.25. The molecule has 0 bridgehead atoms. The summed E-state index contributed by atoms with van der Waals surface area (Å²) < 4.78 is 13.6. The highest BCUT2D eigenvalue weighted by atomic mass is 35.5. The van der Waals surface area contributed by atoms with Crippen LogP contribution in [0.15, 0.2) is 48.5 Å². The van der Waals surface area contributed by atoms with Gasteiger partial charge in [-0.3, -0.25) is 4.79 Å². The monoisotopic (exact) mass is 289 g/mol. The zero-order chi connectivity index (χ0) is 14.1. The van der Waals surface area contributed by atoms with Crippen LogP contribution in [0.1, 0.15) is 27.5 Å². The van der Waals surface area contributed by atoms with E-state index in [1.807, 2.05) is 24.3 Å². The minimum absolute atomic E-state index is 0.0424. The second-order valence-electron chi connectivity index (χ2n) is 4.85. The molecule has 1 aliphatic carbocycles. The third kappa shape index (κ3) is 2.29. The van der Waals surface area contributed by atoms with Crippen molar-refractivity contribution >= 4 is 17.5 Å². The predicted molar refractivity (Wildman–Crippen MR) is 76.4 cm³/mol. The van der Waals surface area contributed by atoms with E-state index in [0.29, 0.717) is 6.42 Å². The van der Waals surface area contributed by atoms with Gasteiger partial charge >= 0.3 is 0 Å². The number of nitrogens with one attached hydrogen (secondary N) is 1. The van der Waals surface area contributed by atoms with Gasteiger partial charge in [-0.25, -0.2) is 4.39 Å². The van der Waals surface area contributed by atoms with Crippen molar-refractivity contribution in [3.8, 4) is 0 Å². The lowest BCUT2D eigenvalue weighted by molar-refractivity contribution is 0.0933. The molecule has 0 fully saturated rings. The van der Waals surface area contributed by atoms with Gasteiger partial charge in [0, 0.05) is 0 Å². The summed E-state index contributed by atoms with van der Waals surface area (Å²) >= 11 is 6.31. The van der Waals surface area contributed by atoms with Crippen LogP contribution in [0, 0.1) is 5.82 Å². The number of fused-ring (bicyclic) bond motifs is 1. The number of carbonyl (C=O) groups excluding carboxylic acids is 1. The standard InChI is InChI=1S/C16H13ClFNO/c17-13-9-10-5-1-2-6-11(10)15(13)19-16(20)12-7-3-4-8-14(12)18/h1-8,13,15H,9H2,(H,19,20). The normalized spacial score (nSPS) is 20.5. The number of hydrogen-bond donors (Lipinski definition) is 1. The van der Waals surface area contributed by atoms with Gasteiger partial charge in [0.2, 0.25) is 0 Å². The van der Waals surface area contributed by atoms with Crippen molar-refractivity contribution in [1.82, 2.24) is 5.32 Å². The molecule has 0 saturated carbocycles. The molecule has 0 saturated heterocycles. The van der Waals surface area contributed by atoms with Gasteiger partial charge < -0.3 is 5.32 Å². The molecular weight excluding hydrogens is 277 g/mol. The third-order valence-electron chi connectivity index (χ3n) is 3.57. The summed E-state index contributed by atoms with van der Waals surface area (Å²) in [7, 11) is 0. The zero-order valence-electron chi connectivity index (χ0n) is 10.6. The number of halogens is 2. The topological polar surface area (TPSA) is 29.1 Å². The van der Waals surface area contributed by atoms with Crippen LogP contribution in [0.4, 0.5) is 4.39 Å². The maximum Gasteiger partial charge on any atom is 0.254 e.